The molecule has 0 aromatic carbocycles. The van der Waals surface area contributed by atoms with E-state index in [4.69, 9.17) is 0 Å². The topological polar surface area (TPSA) is 39.7 Å². The summed E-state index contributed by atoms with van der Waals surface area (Å²) in [6.07, 6.45) is -3.44. The maximum absolute atomic E-state index is 12.4. The first-order chi connectivity index (χ1) is 10.4. The van der Waals surface area contributed by atoms with Crippen LogP contribution in [-0.4, -0.2) is 49.8 Å². The Bertz CT molecular complexity index is 518. The quantitative estimate of drug-likeness (QED) is 0.411. The number of halogens is 4. The maximum atomic E-state index is 12.4. The molecule has 1 aromatic heterocycles. The van der Waals surface area contributed by atoms with Gasteiger partial charge in [0.1, 0.15) is 0 Å². The van der Waals surface area contributed by atoms with Crippen molar-refractivity contribution < 1.29 is 13.2 Å². The lowest BCUT2D eigenvalue weighted by Gasteiger charge is -2.19. The molecule has 0 amide bonds. The molecule has 2 rings (SSSR count). The smallest absolute Gasteiger partial charge is 0.352 e. The second-order valence-corrected chi connectivity index (χ2v) is 6.79. The van der Waals surface area contributed by atoms with Gasteiger partial charge in [-0.15, -0.1) is 35.3 Å². The summed E-state index contributed by atoms with van der Waals surface area (Å²) in [4.78, 5) is 8.00. The Labute approximate surface area is 155 Å². The van der Waals surface area contributed by atoms with Crippen LogP contribution in [0, 0.1) is 6.92 Å². The third-order valence-corrected chi connectivity index (χ3v) is 4.47. The van der Waals surface area contributed by atoms with Gasteiger partial charge in [0.15, 0.2) is 5.96 Å². The van der Waals surface area contributed by atoms with E-state index < -0.39 is 12.7 Å². The van der Waals surface area contributed by atoms with Gasteiger partial charge in [0.05, 0.1) is 13.1 Å². The second-order valence-electron chi connectivity index (χ2n) is 5.42. The molecule has 4 nitrogen and oxygen atoms in total. The van der Waals surface area contributed by atoms with Crippen molar-refractivity contribution in [2.24, 2.45) is 4.99 Å². The monoisotopic (exact) mass is 462 g/mol. The summed E-state index contributed by atoms with van der Waals surface area (Å²) in [6.45, 7) is 2.72. The summed E-state index contributed by atoms with van der Waals surface area (Å²) in [5.74, 6) is 0.630. The van der Waals surface area contributed by atoms with Crippen LogP contribution in [0.1, 0.15) is 16.2 Å². The Hall–Kier alpha value is -0.550. The lowest BCUT2D eigenvalue weighted by atomic mass is 10.3. The number of hydrogen-bond donors (Lipinski definition) is 2. The molecule has 132 valence electrons. The Morgan fingerprint density at radius 3 is 2.74 bits per heavy atom. The SMILES string of the molecule is CN=C(NCc1ccc(C)s1)NC1CCN(CC(F)(F)F)C1.I. The Balaban J connectivity index is 0.00000264. The van der Waals surface area contributed by atoms with Gasteiger partial charge in [0.2, 0.25) is 0 Å². The molecule has 1 atom stereocenters. The lowest BCUT2D eigenvalue weighted by Crippen LogP contribution is -2.44. The predicted molar refractivity (Wildman–Crippen MR) is 98.7 cm³/mol. The van der Waals surface area contributed by atoms with Crippen molar-refractivity contribution in [3.8, 4) is 0 Å². The van der Waals surface area contributed by atoms with Gasteiger partial charge in [0.25, 0.3) is 0 Å². The van der Waals surface area contributed by atoms with Gasteiger partial charge in [-0.2, -0.15) is 13.2 Å². The molecule has 1 aromatic rings. The summed E-state index contributed by atoms with van der Waals surface area (Å²) in [7, 11) is 1.66. The number of aliphatic imine (C=N–C) groups is 1. The van der Waals surface area contributed by atoms with Gasteiger partial charge in [-0.25, -0.2) is 0 Å². The molecule has 1 saturated heterocycles. The molecule has 0 radical (unpaired) electrons. The van der Waals surface area contributed by atoms with Crippen LogP contribution in [0.2, 0.25) is 0 Å². The molecule has 0 saturated carbocycles. The Morgan fingerprint density at radius 2 is 2.17 bits per heavy atom. The van der Waals surface area contributed by atoms with Crippen molar-refractivity contribution in [3.63, 3.8) is 0 Å². The number of guanidine groups is 1. The van der Waals surface area contributed by atoms with Gasteiger partial charge >= 0.3 is 6.18 Å². The van der Waals surface area contributed by atoms with E-state index in [-0.39, 0.29) is 30.0 Å². The standard InChI is InChI=1S/C14H21F3N4S.HI/c1-10-3-4-12(22-10)7-19-13(18-2)20-11-5-6-21(8-11)9-14(15,16)17;/h3-4,11H,5-9H2,1-2H3,(H2,18,19,20);1H. The first-order valence-electron chi connectivity index (χ1n) is 7.17. The van der Waals surface area contributed by atoms with Gasteiger partial charge in [-0.3, -0.25) is 9.89 Å². The molecule has 2 N–H and O–H groups in total. The lowest BCUT2D eigenvalue weighted by molar-refractivity contribution is -0.143. The number of nitrogens with one attached hydrogen (secondary N) is 2. The molecule has 2 heterocycles. The number of alkyl halides is 3. The van der Waals surface area contributed by atoms with E-state index in [1.54, 1.807) is 18.4 Å². The van der Waals surface area contributed by atoms with Crippen LogP contribution < -0.4 is 10.6 Å². The molecule has 1 aliphatic rings. The van der Waals surface area contributed by atoms with E-state index in [0.29, 0.717) is 32.0 Å². The van der Waals surface area contributed by atoms with Gasteiger partial charge in [0, 0.05) is 35.9 Å². The number of thiophene rings is 1. The highest BCUT2D eigenvalue weighted by Crippen LogP contribution is 2.20. The molecule has 9 heteroatoms. The van der Waals surface area contributed by atoms with Crippen LogP contribution in [-0.2, 0) is 6.54 Å². The number of nitrogens with zero attached hydrogens (tertiary/aromatic N) is 2. The maximum Gasteiger partial charge on any atom is 0.401 e. The van der Waals surface area contributed by atoms with Crippen LogP contribution in [0.4, 0.5) is 13.2 Å². The molecular weight excluding hydrogens is 440 g/mol. The fourth-order valence-corrected chi connectivity index (χ4v) is 3.32. The Morgan fingerprint density at radius 1 is 1.43 bits per heavy atom. The van der Waals surface area contributed by atoms with Crippen molar-refractivity contribution >= 4 is 41.3 Å². The highest BCUT2D eigenvalue weighted by atomic mass is 127. The van der Waals surface area contributed by atoms with E-state index in [1.165, 1.54) is 14.7 Å². The minimum Gasteiger partial charge on any atom is -0.352 e. The third kappa shape index (κ3) is 7.25. The fraction of sp³-hybridized carbons (Fsp3) is 0.643. The van der Waals surface area contributed by atoms with Crippen LogP contribution in [0.15, 0.2) is 17.1 Å². The van der Waals surface area contributed by atoms with Crippen molar-refractivity contribution in [2.75, 3.05) is 26.7 Å². The summed E-state index contributed by atoms with van der Waals surface area (Å²) in [5.41, 5.74) is 0. The summed E-state index contributed by atoms with van der Waals surface area (Å²) < 4.78 is 37.1. The van der Waals surface area contributed by atoms with E-state index in [0.717, 1.165) is 0 Å². The van der Waals surface area contributed by atoms with E-state index in [9.17, 15) is 13.2 Å². The van der Waals surface area contributed by atoms with E-state index in [2.05, 4.69) is 34.7 Å². The number of rotatable bonds is 4. The molecule has 1 fully saturated rings. The van der Waals surface area contributed by atoms with Crippen molar-refractivity contribution in [2.45, 2.75) is 32.1 Å². The summed E-state index contributed by atoms with van der Waals surface area (Å²) in [6, 6.07) is 4.11. The minimum atomic E-state index is -4.13. The number of hydrogen-bond acceptors (Lipinski definition) is 3. The van der Waals surface area contributed by atoms with Crippen LogP contribution in [0.3, 0.4) is 0 Å². The highest BCUT2D eigenvalue weighted by molar-refractivity contribution is 14.0. The van der Waals surface area contributed by atoms with Crippen molar-refractivity contribution in [1.82, 2.24) is 15.5 Å². The van der Waals surface area contributed by atoms with Crippen LogP contribution in [0.25, 0.3) is 0 Å². The zero-order valence-electron chi connectivity index (χ0n) is 13.1. The first kappa shape index (κ1) is 20.5. The first-order valence-corrected chi connectivity index (χ1v) is 7.99. The number of aryl methyl sites for hydroxylation is 1. The minimum absolute atomic E-state index is 0. The average molecular weight is 462 g/mol. The van der Waals surface area contributed by atoms with Crippen molar-refractivity contribution in [1.29, 1.82) is 0 Å². The molecule has 0 bridgehead atoms. The normalized spacial score (nSPS) is 19.5. The molecule has 1 unspecified atom stereocenters. The molecule has 1 aliphatic heterocycles. The molecular formula is C14H22F3IN4S. The summed E-state index contributed by atoms with van der Waals surface area (Å²) >= 11 is 1.71. The average Bonchev–Trinajstić information content (AvgIpc) is 3.02. The number of likely N-dealkylation sites (tertiary alicyclic amines) is 1. The van der Waals surface area contributed by atoms with Gasteiger partial charge in [-0.1, -0.05) is 0 Å². The fourth-order valence-electron chi connectivity index (χ4n) is 2.49. The molecule has 23 heavy (non-hydrogen) atoms. The zero-order valence-corrected chi connectivity index (χ0v) is 16.3. The summed E-state index contributed by atoms with van der Waals surface area (Å²) in [5, 5.41) is 6.39. The van der Waals surface area contributed by atoms with Crippen LogP contribution in [0.5, 0.6) is 0 Å². The van der Waals surface area contributed by atoms with E-state index >= 15 is 0 Å². The van der Waals surface area contributed by atoms with Gasteiger partial charge in [-0.05, 0) is 25.5 Å². The Kier molecular flexibility index (Phi) is 8.08. The van der Waals surface area contributed by atoms with E-state index in [1.807, 2.05) is 0 Å². The highest BCUT2D eigenvalue weighted by Gasteiger charge is 2.34. The third-order valence-electron chi connectivity index (χ3n) is 3.47. The van der Waals surface area contributed by atoms with Gasteiger partial charge < -0.3 is 10.6 Å². The van der Waals surface area contributed by atoms with Crippen LogP contribution >= 0.6 is 35.3 Å². The predicted octanol–water partition coefficient (Wildman–Crippen LogP) is 2.98. The largest absolute Gasteiger partial charge is 0.401 e. The second kappa shape index (κ2) is 9.07. The molecule has 0 spiro atoms. The zero-order chi connectivity index (χ0) is 16.2. The molecule has 0 aliphatic carbocycles. The van der Waals surface area contributed by atoms with Crippen molar-refractivity contribution in [3.05, 3.63) is 21.9 Å².